The second-order valence-electron chi connectivity index (χ2n) is 7.28. The minimum Gasteiger partial charge on any atom is -0.478 e. The molecule has 32 heavy (non-hydrogen) atoms. The summed E-state index contributed by atoms with van der Waals surface area (Å²) in [6.07, 6.45) is 3.86. The van der Waals surface area contributed by atoms with Crippen LogP contribution in [0.15, 0.2) is 35.3 Å². The lowest BCUT2D eigenvalue weighted by Crippen LogP contribution is -2.28. The predicted octanol–water partition coefficient (Wildman–Crippen LogP) is 3.31. The zero-order chi connectivity index (χ0) is 22.7. The molecular formula is C21H22ClIN6O3. The maximum absolute atomic E-state index is 12.7. The van der Waals surface area contributed by atoms with Gasteiger partial charge in [-0.15, -0.1) is 0 Å². The van der Waals surface area contributed by atoms with Gasteiger partial charge in [0, 0.05) is 31.2 Å². The molecule has 9 nitrogen and oxygen atoms in total. The van der Waals surface area contributed by atoms with Gasteiger partial charge in [0.1, 0.15) is 5.02 Å². The van der Waals surface area contributed by atoms with E-state index in [1.807, 2.05) is 18.2 Å². The Balaban J connectivity index is 1.67. The van der Waals surface area contributed by atoms with Gasteiger partial charge in [0.15, 0.2) is 18.2 Å². The average molecular weight is 569 g/mol. The summed E-state index contributed by atoms with van der Waals surface area (Å²) in [5.74, 6) is 0.972. The number of hydrogen-bond acceptors (Lipinski definition) is 7. The number of likely N-dealkylation sites (N-methyl/N-ethyl adjacent to an activating group) is 1. The smallest absolute Gasteiger partial charge is 0.294 e. The third-order valence-electron chi connectivity index (χ3n) is 5.20. The van der Waals surface area contributed by atoms with Crippen molar-refractivity contribution < 1.29 is 9.53 Å². The number of carbonyl (C=O) groups excluding carboxylic acids is 1. The van der Waals surface area contributed by atoms with Crippen LogP contribution in [0, 0.1) is 0 Å². The molecule has 1 fully saturated rings. The van der Waals surface area contributed by atoms with Crippen molar-refractivity contribution in [2.24, 2.45) is 0 Å². The molecule has 0 unspecified atom stereocenters. The van der Waals surface area contributed by atoms with Crippen LogP contribution in [0.5, 0.6) is 5.75 Å². The van der Waals surface area contributed by atoms with Crippen LogP contribution in [0.3, 0.4) is 0 Å². The summed E-state index contributed by atoms with van der Waals surface area (Å²) < 4.78 is 7.51. The quantitative estimate of drug-likeness (QED) is 0.333. The summed E-state index contributed by atoms with van der Waals surface area (Å²) in [5, 5.41) is 6.93. The van der Waals surface area contributed by atoms with Crippen molar-refractivity contribution in [3.8, 4) is 5.75 Å². The number of benzene rings is 1. The number of pyridine rings is 1. The first-order chi connectivity index (χ1) is 15.5. The van der Waals surface area contributed by atoms with Crippen LogP contribution in [-0.2, 0) is 9.35 Å². The molecular weight excluding hydrogens is 547 g/mol. The number of nitrogens with zero attached hydrogens (tertiary/aromatic N) is 4. The summed E-state index contributed by atoms with van der Waals surface area (Å²) in [7, 11) is 1.51. The molecule has 3 heterocycles. The normalized spacial score (nSPS) is 13.4. The Morgan fingerprint density at radius 1 is 1.28 bits per heavy atom. The van der Waals surface area contributed by atoms with E-state index in [0.29, 0.717) is 21.3 Å². The molecule has 0 saturated carbocycles. The van der Waals surface area contributed by atoms with Gasteiger partial charge < -0.3 is 20.3 Å². The van der Waals surface area contributed by atoms with Crippen molar-refractivity contribution >= 4 is 68.5 Å². The molecule has 1 aliphatic heterocycles. The maximum Gasteiger partial charge on any atom is 0.294 e. The van der Waals surface area contributed by atoms with Crippen molar-refractivity contribution in [1.29, 1.82) is 0 Å². The van der Waals surface area contributed by atoms with Gasteiger partial charge in [0.25, 0.3) is 11.5 Å². The summed E-state index contributed by atoms with van der Waals surface area (Å²) in [5.41, 5.74) is 1.22. The molecule has 4 rings (SSSR count). The summed E-state index contributed by atoms with van der Waals surface area (Å²) in [4.78, 5) is 35.4. The second-order valence-corrected chi connectivity index (χ2v) is 8.37. The first kappa shape index (κ1) is 22.6. The molecule has 168 valence electrons. The summed E-state index contributed by atoms with van der Waals surface area (Å²) in [6.45, 7) is 1.64. The SMILES string of the molecule is CNC(=O)COc1cc2cc(Nc3nc(N4CCCC4)ncc3Cl)ccc2n(CI)c1=O. The fourth-order valence-corrected chi connectivity index (χ4v) is 4.34. The number of hydrogen-bond donors (Lipinski definition) is 2. The number of fused-ring (bicyclic) bond motifs is 1. The van der Waals surface area contributed by atoms with Crippen LogP contribution < -0.4 is 25.8 Å². The number of rotatable bonds is 7. The Labute approximate surface area is 203 Å². The monoisotopic (exact) mass is 568 g/mol. The molecule has 0 aliphatic carbocycles. The van der Waals surface area contributed by atoms with E-state index in [2.05, 4.69) is 48.1 Å². The molecule has 1 aromatic carbocycles. The zero-order valence-electron chi connectivity index (χ0n) is 17.4. The van der Waals surface area contributed by atoms with E-state index in [1.165, 1.54) is 7.05 Å². The fraction of sp³-hybridized carbons (Fsp3) is 0.333. The Hall–Kier alpha value is -2.60. The van der Waals surface area contributed by atoms with Crippen LogP contribution in [0.1, 0.15) is 12.8 Å². The third kappa shape index (κ3) is 4.75. The van der Waals surface area contributed by atoms with Crippen molar-refractivity contribution in [2.75, 3.05) is 37.0 Å². The molecule has 3 aromatic rings. The lowest BCUT2D eigenvalue weighted by molar-refractivity contribution is -0.122. The number of anilines is 3. The van der Waals surface area contributed by atoms with Crippen molar-refractivity contribution in [3.63, 3.8) is 0 Å². The number of ether oxygens (including phenoxy) is 1. The highest BCUT2D eigenvalue weighted by Gasteiger charge is 2.17. The van der Waals surface area contributed by atoms with Gasteiger partial charge in [-0.2, -0.15) is 4.98 Å². The van der Waals surface area contributed by atoms with Crippen molar-refractivity contribution in [2.45, 2.75) is 17.4 Å². The highest BCUT2D eigenvalue weighted by molar-refractivity contribution is 14.1. The van der Waals surface area contributed by atoms with Gasteiger partial charge in [-0.1, -0.05) is 34.2 Å². The highest BCUT2D eigenvalue weighted by Crippen LogP contribution is 2.28. The Morgan fingerprint density at radius 2 is 2.06 bits per heavy atom. The van der Waals surface area contributed by atoms with Gasteiger partial charge in [-0.05, 0) is 37.1 Å². The number of aromatic nitrogens is 3. The molecule has 11 heteroatoms. The molecule has 1 saturated heterocycles. The largest absolute Gasteiger partial charge is 0.478 e. The first-order valence-corrected chi connectivity index (χ1v) is 12.0. The molecule has 2 aromatic heterocycles. The van der Waals surface area contributed by atoms with Gasteiger partial charge >= 0.3 is 0 Å². The first-order valence-electron chi connectivity index (χ1n) is 10.1. The van der Waals surface area contributed by atoms with Gasteiger partial charge in [0.05, 0.1) is 16.3 Å². The molecule has 1 amide bonds. The molecule has 0 spiro atoms. The van der Waals surface area contributed by atoms with Crippen molar-refractivity contribution in [1.82, 2.24) is 19.9 Å². The second kappa shape index (κ2) is 9.90. The van der Waals surface area contributed by atoms with Gasteiger partial charge in [0.2, 0.25) is 5.95 Å². The van der Waals surface area contributed by atoms with E-state index in [-0.39, 0.29) is 23.8 Å². The Bertz CT molecular complexity index is 1210. The van der Waals surface area contributed by atoms with Crippen molar-refractivity contribution in [3.05, 3.63) is 45.8 Å². The number of halogens is 2. The van der Waals surface area contributed by atoms with E-state index in [4.69, 9.17) is 16.3 Å². The van der Waals surface area contributed by atoms with Gasteiger partial charge in [-0.25, -0.2) is 4.98 Å². The van der Waals surface area contributed by atoms with E-state index >= 15 is 0 Å². The topological polar surface area (TPSA) is 101 Å². The Morgan fingerprint density at radius 3 is 2.78 bits per heavy atom. The zero-order valence-corrected chi connectivity index (χ0v) is 20.3. The predicted molar refractivity (Wildman–Crippen MR) is 134 cm³/mol. The highest BCUT2D eigenvalue weighted by atomic mass is 127. The van der Waals surface area contributed by atoms with E-state index in [1.54, 1.807) is 16.8 Å². The molecule has 1 aliphatic rings. The van der Waals surface area contributed by atoms with Gasteiger partial charge in [-0.3, -0.25) is 14.2 Å². The van der Waals surface area contributed by atoms with E-state index < -0.39 is 0 Å². The van der Waals surface area contributed by atoms with E-state index in [0.717, 1.165) is 42.5 Å². The third-order valence-corrected chi connectivity index (χ3v) is 6.16. The standard InChI is InChI=1S/C21H22ClIN6O3/c1-24-18(30)11-32-17-9-13-8-14(4-5-16(13)29(12-23)20(17)31)26-19-15(22)10-25-21(27-19)28-6-2-3-7-28/h4-5,8-10H,2-3,6-7,11-12H2,1H3,(H,24,30)(H,25,26,27). The Kier molecular flexibility index (Phi) is 6.99. The van der Waals surface area contributed by atoms with E-state index in [9.17, 15) is 9.59 Å². The maximum atomic E-state index is 12.7. The fourth-order valence-electron chi connectivity index (χ4n) is 3.53. The lowest BCUT2D eigenvalue weighted by Gasteiger charge is -2.17. The number of nitrogens with one attached hydrogen (secondary N) is 2. The summed E-state index contributed by atoms with van der Waals surface area (Å²) in [6, 6.07) is 7.25. The molecule has 0 bridgehead atoms. The van der Waals surface area contributed by atoms with Crippen LogP contribution in [0.25, 0.3) is 10.9 Å². The summed E-state index contributed by atoms with van der Waals surface area (Å²) >= 11 is 8.46. The minimum absolute atomic E-state index is 0.117. The number of alkyl halides is 1. The number of carbonyl (C=O) groups is 1. The number of amides is 1. The van der Waals surface area contributed by atoms with Crippen LogP contribution in [-0.4, -0.2) is 47.2 Å². The van der Waals surface area contributed by atoms with Crippen LogP contribution in [0.4, 0.5) is 17.5 Å². The molecule has 0 radical (unpaired) electrons. The average Bonchev–Trinajstić information content (AvgIpc) is 3.34. The van der Waals surface area contributed by atoms with Crippen LogP contribution >= 0.6 is 34.2 Å². The minimum atomic E-state index is -0.312. The van der Waals surface area contributed by atoms with Crippen LogP contribution in [0.2, 0.25) is 5.02 Å². The molecule has 0 atom stereocenters. The lowest BCUT2D eigenvalue weighted by atomic mass is 10.2. The molecule has 2 N–H and O–H groups in total.